The Balaban J connectivity index is 2.22. The smallest absolute Gasteiger partial charge is 0.150 e. The molecule has 0 fully saturated rings. The molecule has 6 heteroatoms. The van der Waals surface area contributed by atoms with Crippen molar-refractivity contribution >= 4 is 0 Å². The van der Waals surface area contributed by atoms with E-state index in [1.807, 2.05) is 13.8 Å². The third kappa shape index (κ3) is 3.01. The van der Waals surface area contributed by atoms with Crippen LogP contribution >= 0.6 is 0 Å². The summed E-state index contributed by atoms with van der Waals surface area (Å²) < 4.78 is 28.0. The molecule has 0 aliphatic carbocycles. The summed E-state index contributed by atoms with van der Waals surface area (Å²) >= 11 is 0. The van der Waals surface area contributed by atoms with Gasteiger partial charge in [0.25, 0.3) is 0 Å². The van der Waals surface area contributed by atoms with Crippen LogP contribution in [0.15, 0.2) is 18.2 Å². The molecule has 2 rings (SSSR count). The monoisotopic (exact) mass is 281 g/mol. The molecule has 0 saturated carbocycles. The first-order valence-electron chi connectivity index (χ1n) is 6.60. The molecule has 1 unspecified atom stereocenters. The summed E-state index contributed by atoms with van der Waals surface area (Å²) in [7, 11) is 0. The van der Waals surface area contributed by atoms with Gasteiger partial charge in [0.1, 0.15) is 23.6 Å². The number of hydrogen-bond acceptors (Lipinski definition) is 3. The van der Waals surface area contributed by atoms with Gasteiger partial charge < -0.3 is 5.11 Å². The lowest BCUT2D eigenvalue weighted by atomic mass is 10.1. The van der Waals surface area contributed by atoms with E-state index in [4.69, 9.17) is 0 Å². The van der Waals surface area contributed by atoms with Crippen molar-refractivity contribution < 1.29 is 13.9 Å². The second-order valence-corrected chi connectivity index (χ2v) is 4.52. The highest BCUT2D eigenvalue weighted by atomic mass is 19.1. The number of nitrogens with zero attached hydrogens (tertiary/aromatic N) is 3. The minimum atomic E-state index is -1.09. The van der Waals surface area contributed by atoms with Crippen molar-refractivity contribution in [3.05, 3.63) is 47.0 Å². The van der Waals surface area contributed by atoms with Crippen molar-refractivity contribution in [2.24, 2.45) is 0 Å². The van der Waals surface area contributed by atoms with Gasteiger partial charge >= 0.3 is 0 Å². The number of halogens is 2. The van der Waals surface area contributed by atoms with Gasteiger partial charge in [-0.25, -0.2) is 18.4 Å². The van der Waals surface area contributed by atoms with Gasteiger partial charge in [0.15, 0.2) is 5.82 Å². The molecule has 108 valence electrons. The van der Waals surface area contributed by atoms with Crippen LogP contribution < -0.4 is 0 Å². The van der Waals surface area contributed by atoms with E-state index < -0.39 is 17.7 Å². The summed E-state index contributed by atoms with van der Waals surface area (Å²) in [5.41, 5.74) is 0.0574. The molecule has 1 atom stereocenters. The topological polar surface area (TPSA) is 50.9 Å². The van der Waals surface area contributed by atoms with E-state index in [2.05, 4.69) is 10.1 Å². The molecule has 2 aromatic rings. The number of hydrogen-bond donors (Lipinski definition) is 1. The number of aliphatic hydroxyl groups excluding tert-OH is 1. The fourth-order valence-electron chi connectivity index (χ4n) is 2.02. The Morgan fingerprint density at radius 1 is 1.25 bits per heavy atom. The van der Waals surface area contributed by atoms with E-state index in [1.54, 1.807) is 4.68 Å². The van der Waals surface area contributed by atoms with Crippen molar-refractivity contribution in [2.45, 2.75) is 39.3 Å². The average molecular weight is 281 g/mol. The fourth-order valence-corrected chi connectivity index (χ4v) is 2.02. The van der Waals surface area contributed by atoms with Crippen LogP contribution in [0.4, 0.5) is 8.78 Å². The van der Waals surface area contributed by atoms with E-state index in [9.17, 15) is 13.9 Å². The molecule has 4 nitrogen and oxygen atoms in total. The molecule has 0 saturated heterocycles. The zero-order chi connectivity index (χ0) is 14.7. The number of rotatable bonds is 5. The second-order valence-electron chi connectivity index (χ2n) is 4.52. The van der Waals surface area contributed by atoms with Crippen LogP contribution in [0, 0.1) is 11.6 Å². The highest BCUT2D eigenvalue weighted by Gasteiger charge is 2.17. The van der Waals surface area contributed by atoms with E-state index in [0.717, 1.165) is 18.0 Å². The quantitative estimate of drug-likeness (QED) is 0.915. The number of aryl methyl sites for hydroxylation is 2. The average Bonchev–Trinajstić information content (AvgIpc) is 2.80. The summed E-state index contributed by atoms with van der Waals surface area (Å²) in [5, 5.41) is 14.4. The molecular formula is C14H17F2N3O. The minimum Gasteiger partial charge on any atom is -0.386 e. The first kappa shape index (κ1) is 14.6. The standard InChI is InChI=1S/C14H17F2N3O/c1-3-13-17-14(4-2)19(18-13)8-12(20)10-6-5-9(15)7-11(10)16/h5-7,12,20H,3-4,8H2,1-2H3. The molecule has 1 N–H and O–H groups in total. The van der Waals surface area contributed by atoms with Gasteiger partial charge in [-0.2, -0.15) is 5.10 Å². The van der Waals surface area contributed by atoms with Crippen LogP contribution in [-0.4, -0.2) is 19.9 Å². The zero-order valence-electron chi connectivity index (χ0n) is 11.5. The highest BCUT2D eigenvalue weighted by Crippen LogP contribution is 2.20. The van der Waals surface area contributed by atoms with Crippen LogP contribution in [0.1, 0.15) is 37.2 Å². The predicted molar refractivity (Wildman–Crippen MR) is 70.1 cm³/mol. The molecule has 1 aromatic heterocycles. The van der Waals surface area contributed by atoms with Crippen molar-refractivity contribution in [2.75, 3.05) is 0 Å². The molecule has 0 bridgehead atoms. The molecule has 0 spiro atoms. The summed E-state index contributed by atoms with van der Waals surface area (Å²) in [5.74, 6) is 0.00477. The lowest BCUT2D eigenvalue weighted by molar-refractivity contribution is 0.145. The lowest BCUT2D eigenvalue weighted by Crippen LogP contribution is -2.14. The maximum atomic E-state index is 13.6. The Hall–Kier alpha value is -1.82. The van der Waals surface area contributed by atoms with E-state index in [-0.39, 0.29) is 12.1 Å². The molecule has 20 heavy (non-hydrogen) atoms. The molecule has 0 amide bonds. The maximum Gasteiger partial charge on any atom is 0.150 e. The Morgan fingerprint density at radius 3 is 2.60 bits per heavy atom. The predicted octanol–water partition coefficient (Wildman–Crippen LogP) is 2.41. The van der Waals surface area contributed by atoms with Gasteiger partial charge in [-0.3, -0.25) is 0 Å². The number of aromatic nitrogens is 3. The summed E-state index contributed by atoms with van der Waals surface area (Å²) in [6, 6.07) is 3.14. The maximum absolute atomic E-state index is 13.6. The Morgan fingerprint density at radius 2 is 2.00 bits per heavy atom. The third-order valence-corrected chi connectivity index (χ3v) is 3.09. The fraction of sp³-hybridized carbons (Fsp3) is 0.429. The van der Waals surface area contributed by atoms with Gasteiger partial charge in [-0.1, -0.05) is 19.9 Å². The SMILES string of the molecule is CCc1nc(CC)n(CC(O)c2ccc(F)cc2F)n1. The van der Waals surface area contributed by atoms with E-state index in [0.29, 0.717) is 18.7 Å². The minimum absolute atomic E-state index is 0.0574. The van der Waals surface area contributed by atoms with Crippen LogP contribution in [0.25, 0.3) is 0 Å². The van der Waals surface area contributed by atoms with Crippen molar-refractivity contribution in [1.29, 1.82) is 0 Å². The van der Waals surface area contributed by atoms with Gasteiger partial charge in [-0.15, -0.1) is 0 Å². The summed E-state index contributed by atoms with van der Waals surface area (Å²) in [4.78, 5) is 4.32. The van der Waals surface area contributed by atoms with Gasteiger partial charge in [0, 0.05) is 24.5 Å². The summed E-state index contributed by atoms with van der Waals surface area (Å²) in [6.45, 7) is 3.97. The van der Waals surface area contributed by atoms with E-state index >= 15 is 0 Å². The van der Waals surface area contributed by atoms with E-state index in [1.165, 1.54) is 6.07 Å². The molecule has 0 aliphatic heterocycles. The van der Waals surface area contributed by atoms with Gasteiger partial charge in [-0.05, 0) is 6.07 Å². The van der Waals surface area contributed by atoms with Crippen molar-refractivity contribution in [3.8, 4) is 0 Å². The molecular weight excluding hydrogens is 264 g/mol. The Kier molecular flexibility index (Phi) is 4.44. The molecule has 1 heterocycles. The van der Waals surface area contributed by atoms with Gasteiger partial charge in [0.2, 0.25) is 0 Å². The third-order valence-electron chi connectivity index (χ3n) is 3.09. The van der Waals surface area contributed by atoms with Crippen LogP contribution in [-0.2, 0) is 19.4 Å². The van der Waals surface area contributed by atoms with Crippen LogP contribution in [0.5, 0.6) is 0 Å². The number of benzene rings is 1. The van der Waals surface area contributed by atoms with Crippen molar-refractivity contribution in [1.82, 2.24) is 14.8 Å². The zero-order valence-corrected chi connectivity index (χ0v) is 11.5. The largest absolute Gasteiger partial charge is 0.386 e. The first-order chi connectivity index (χ1) is 9.55. The molecule has 0 aliphatic rings. The summed E-state index contributed by atoms with van der Waals surface area (Å²) in [6.07, 6.45) is 0.277. The lowest BCUT2D eigenvalue weighted by Gasteiger charge is -2.13. The Labute approximate surface area is 116 Å². The molecule has 0 radical (unpaired) electrons. The van der Waals surface area contributed by atoms with Gasteiger partial charge in [0.05, 0.1) is 6.54 Å². The Bertz CT molecular complexity index is 598. The number of aliphatic hydroxyl groups is 1. The normalized spacial score (nSPS) is 12.7. The highest BCUT2D eigenvalue weighted by molar-refractivity contribution is 5.20. The van der Waals surface area contributed by atoms with Crippen LogP contribution in [0.2, 0.25) is 0 Å². The van der Waals surface area contributed by atoms with Crippen molar-refractivity contribution in [3.63, 3.8) is 0 Å². The first-order valence-corrected chi connectivity index (χ1v) is 6.60. The second kappa shape index (κ2) is 6.09. The van der Waals surface area contributed by atoms with Crippen LogP contribution in [0.3, 0.4) is 0 Å². The molecule has 1 aromatic carbocycles.